The second-order valence-corrected chi connectivity index (χ2v) is 3.97. The first-order valence-corrected chi connectivity index (χ1v) is 4.70. The van der Waals surface area contributed by atoms with Crippen molar-refractivity contribution in [3.8, 4) is 0 Å². The molecule has 5 heteroatoms. The lowest BCUT2D eigenvalue weighted by Gasteiger charge is -2.42. The summed E-state index contributed by atoms with van der Waals surface area (Å²) in [6.45, 7) is 2.33. The molecule has 0 aromatic carbocycles. The number of amides is 1. The standard InChI is InChI=1S/C8H14N2O2S/c1-8(6(9)13)4-2-3-5-10(8)7(11)12/h2-5H2,1H3,(H2,9,13)(H,11,12). The molecule has 1 amide bonds. The Bertz CT molecular complexity index is 244. The molecule has 74 valence electrons. The molecule has 13 heavy (non-hydrogen) atoms. The van der Waals surface area contributed by atoms with Gasteiger partial charge >= 0.3 is 6.09 Å². The zero-order valence-corrected chi connectivity index (χ0v) is 8.43. The largest absolute Gasteiger partial charge is 0.465 e. The molecule has 0 aromatic heterocycles. The molecule has 1 saturated heterocycles. The summed E-state index contributed by atoms with van der Waals surface area (Å²) in [6.07, 6.45) is 1.67. The maximum Gasteiger partial charge on any atom is 0.408 e. The Hall–Kier alpha value is -0.840. The number of hydrogen-bond acceptors (Lipinski definition) is 2. The van der Waals surface area contributed by atoms with E-state index >= 15 is 0 Å². The van der Waals surface area contributed by atoms with Crippen molar-refractivity contribution in [1.82, 2.24) is 4.90 Å². The zero-order chi connectivity index (χ0) is 10.1. The van der Waals surface area contributed by atoms with Crippen LogP contribution in [-0.4, -0.2) is 33.2 Å². The fourth-order valence-electron chi connectivity index (χ4n) is 1.68. The van der Waals surface area contributed by atoms with E-state index in [1.807, 2.05) is 0 Å². The molecule has 1 fully saturated rings. The number of likely N-dealkylation sites (tertiary alicyclic amines) is 1. The molecule has 0 aromatic rings. The average molecular weight is 202 g/mol. The van der Waals surface area contributed by atoms with Crippen LogP contribution >= 0.6 is 12.2 Å². The van der Waals surface area contributed by atoms with Gasteiger partial charge in [-0.3, -0.25) is 4.90 Å². The van der Waals surface area contributed by atoms with Crippen molar-refractivity contribution in [3.05, 3.63) is 0 Å². The lowest BCUT2D eigenvalue weighted by molar-refractivity contribution is 0.0915. The molecule has 0 bridgehead atoms. The lowest BCUT2D eigenvalue weighted by Crippen LogP contribution is -2.58. The van der Waals surface area contributed by atoms with Gasteiger partial charge in [-0.15, -0.1) is 0 Å². The first-order chi connectivity index (χ1) is 5.98. The Morgan fingerprint density at radius 1 is 1.62 bits per heavy atom. The quantitative estimate of drug-likeness (QED) is 0.627. The van der Waals surface area contributed by atoms with E-state index in [0.717, 1.165) is 19.3 Å². The summed E-state index contributed by atoms with van der Waals surface area (Å²) in [6, 6.07) is 0. The minimum absolute atomic E-state index is 0.273. The molecule has 4 nitrogen and oxygen atoms in total. The van der Waals surface area contributed by atoms with Gasteiger partial charge in [-0.1, -0.05) is 12.2 Å². The first-order valence-electron chi connectivity index (χ1n) is 4.29. The predicted octanol–water partition coefficient (Wildman–Crippen LogP) is 1.20. The van der Waals surface area contributed by atoms with E-state index in [-0.39, 0.29) is 4.99 Å². The van der Waals surface area contributed by atoms with Crippen molar-refractivity contribution in [2.45, 2.75) is 31.7 Å². The van der Waals surface area contributed by atoms with E-state index in [4.69, 9.17) is 23.1 Å². The van der Waals surface area contributed by atoms with Gasteiger partial charge < -0.3 is 10.8 Å². The third kappa shape index (κ3) is 1.75. The minimum Gasteiger partial charge on any atom is -0.465 e. The highest BCUT2D eigenvalue weighted by molar-refractivity contribution is 7.80. The van der Waals surface area contributed by atoms with Crippen LogP contribution in [0.2, 0.25) is 0 Å². The summed E-state index contributed by atoms with van der Waals surface area (Å²) in [5.74, 6) is 0. The van der Waals surface area contributed by atoms with E-state index < -0.39 is 11.6 Å². The average Bonchev–Trinajstić information content (AvgIpc) is 2.04. The number of rotatable bonds is 1. The second-order valence-electron chi connectivity index (χ2n) is 3.53. The number of thiocarbonyl (C=S) groups is 1. The molecule has 0 radical (unpaired) electrons. The third-order valence-electron chi connectivity index (χ3n) is 2.65. The summed E-state index contributed by atoms with van der Waals surface area (Å²) in [5, 5.41) is 8.93. The van der Waals surface area contributed by atoms with Gasteiger partial charge in [-0.05, 0) is 26.2 Å². The van der Waals surface area contributed by atoms with Gasteiger partial charge in [-0.25, -0.2) is 4.79 Å². The second kappa shape index (κ2) is 3.49. The Morgan fingerprint density at radius 2 is 2.23 bits per heavy atom. The predicted molar refractivity (Wildman–Crippen MR) is 53.8 cm³/mol. The maximum atomic E-state index is 10.9. The number of nitrogens with two attached hydrogens (primary N) is 1. The Kier molecular flexibility index (Phi) is 2.75. The van der Waals surface area contributed by atoms with Gasteiger partial charge in [0.2, 0.25) is 0 Å². The van der Waals surface area contributed by atoms with Crippen LogP contribution < -0.4 is 5.73 Å². The van der Waals surface area contributed by atoms with Crippen molar-refractivity contribution < 1.29 is 9.90 Å². The van der Waals surface area contributed by atoms with Crippen molar-refractivity contribution >= 4 is 23.3 Å². The van der Waals surface area contributed by atoms with Crippen LogP contribution in [0.5, 0.6) is 0 Å². The zero-order valence-electron chi connectivity index (χ0n) is 7.62. The lowest BCUT2D eigenvalue weighted by atomic mass is 9.89. The molecule has 1 rings (SSSR count). The molecule has 1 aliphatic rings. The summed E-state index contributed by atoms with van der Waals surface area (Å²) in [4.78, 5) is 12.5. The van der Waals surface area contributed by atoms with Crippen LogP contribution in [0.3, 0.4) is 0 Å². The molecule has 1 atom stereocenters. The number of carboxylic acid groups (broad SMARTS) is 1. The van der Waals surface area contributed by atoms with Gasteiger partial charge in [0, 0.05) is 6.54 Å². The summed E-state index contributed by atoms with van der Waals surface area (Å²) >= 11 is 4.90. The van der Waals surface area contributed by atoms with Crippen LogP contribution in [0.15, 0.2) is 0 Å². The number of carbonyl (C=O) groups is 1. The highest BCUT2D eigenvalue weighted by Crippen LogP contribution is 2.28. The monoisotopic (exact) mass is 202 g/mol. The van der Waals surface area contributed by atoms with Crippen molar-refractivity contribution in [2.24, 2.45) is 5.73 Å². The van der Waals surface area contributed by atoms with Gasteiger partial charge in [0.1, 0.15) is 0 Å². The van der Waals surface area contributed by atoms with Gasteiger partial charge in [0.05, 0.1) is 10.5 Å². The Balaban J connectivity index is 2.89. The van der Waals surface area contributed by atoms with Crippen LogP contribution in [0.4, 0.5) is 4.79 Å². The fraction of sp³-hybridized carbons (Fsp3) is 0.750. The molecular weight excluding hydrogens is 188 g/mol. The van der Waals surface area contributed by atoms with Crippen molar-refractivity contribution in [1.29, 1.82) is 0 Å². The maximum absolute atomic E-state index is 10.9. The van der Waals surface area contributed by atoms with Gasteiger partial charge in [-0.2, -0.15) is 0 Å². The number of piperidine rings is 1. The third-order valence-corrected chi connectivity index (χ3v) is 3.09. The Labute approximate surface area is 82.7 Å². The molecule has 1 aliphatic heterocycles. The molecular formula is C8H14N2O2S. The van der Waals surface area contributed by atoms with Crippen LogP contribution in [0.1, 0.15) is 26.2 Å². The molecule has 0 saturated carbocycles. The van der Waals surface area contributed by atoms with E-state index in [0.29, 0.717) is 6.54 Å². The van der Waals surface area contributed by atoms with E-state index in [2.05, 4.69) is 0 Å². The number of hydrogen-bond donors (Lipinski definition) is 2. The van der Waals surface area contributed by atoms with Gasteiger partial charge in [0.15, 0.2) is 0 Å². The van der Waals surface area contributed by atoms with Crippen LogP contribution in [0, 0.1) is 0 Å². The molecule has 3 N–H and O–H groups in total. The first kappa shape index (κ1) is 10.2. The van der Waals surface area contributed by atoms with Gasteiger partial charge in [0.25, 0.3) is 0 Å². The molecule has 1 heterocycles. The summed E-state index contributed by atoms with van der Waals surface area (Å²) in [5.41, 5.74) is 4.92. The molecule has 0 spiro atoms. The van der Waals surface area contributed by atoms with Crippen molar-refractivity contribution in [3.63, 3.8) is 0 Å². The van der Waals surface area contributed by atoms with Crippen LogP contribution in [-0.2, 0) is 0 Å². The smallest absolute Gasteiger partial charge is 0.408 e. The van der Waals surface area contributed by atoms with E-state index in [1.165, 1.54) is 4.90 Å². The topological polar surface area (TPSA) is 66.6 Å². The Morgan fingerprint density at radius 3 is 2.62 bits per heavy atom. The summed E-state index contributed by atoms with van der Waals surface area (Å²) in [7, 11) is 0. The SMILES string of the molecule is CC1(C(N)=S)CCCCN1C(=O)O. The molecule has 1 unspecified atom stereocenters. The van der Waals surface area contributed by atoms with Crippen molar-refractivity contribution in [2.75, 3.05) is 6.54 Å². The highest BCUT2D eigenvalue weighted by atomic mass is 32.1. The summed E-state index contributed by atoms with van der Waals surface area (Å²) < 4.78 is 0. The fourth-order valence-corrected chi connectivity index (χ4v) is 1.90. The highest BCUT2D eigenvalue weighted by Gasteiger charge is 2.39. The van der Waals surface area contributed by atoms with E-state index in [1.54, 1.807) is 6.92 Å². The minimum atomic E-state index is -0.935. The van der Waals surface area contributed by atoms with E-state index in [9.17, 15) is 4.79 Å². The normalized spacial score (nSPS) is 28.5. The number of nitrogens with zero attached hydrogens (tertiary/aromatic N) is 1. The molecule has 0 aliphatic carbocycles. The van der Waals surface area contributed by atoms with Crippen LogP contribution in [0.25, 0.3) is 0 Å².